The third-order valence-corrected chi connectivity index (χ3v) is 8.02. The summed E-state index contributed by atoms with van der Waals surface area (Å²) in [6.45, 7) is 2.16. The Balaban J connectivity index is 1.61. The zero-order chi connectivity index (χ0) is 21.0. The molecule has 0 spiro atoms. The van der Waals surface area contributed by atoms with Crippen molar-refractivity contribution in [2.75, 3.05) is 16.8 Å². The van der Waals surface area contributed by atoms with Crippen LogP contribution in [0.4, 0.5) is 5.69 Å². The lowest BCUT2D eigenvalue weighted by atomic mass is 10.2. The zero-order valence-corrected chi connectivity index (χ0v) is 19.0. The Morgan fingerprint density at radius 3 is 2.83 bits per heavy atom. The lowest BCUT2D eigenvalue weighted by Gasteiger charge is -2.10. The largest absolute Gasteiger partial charge is 0.352 e. The molecule has 0 saturated carbocycles. The van der Waals surface area contributed by atoms with Gasteiger partial charge in [-0.2, -0.15) is 0 Å². The van der Waals surface area contributed by atoms with Gasteiger partial charge in [0.25, 0.3) is 0 Å². The first kappa shape index (κ1) is 21.9. The SMILES string of the molecule is CC1CSc2ccc(S(=O)(=O)CCC(=O)NCc3cccc(Br)c3)cc2NC1=O. The molecule has 1 heterocycles. The number of thioether (sulfide) groups is 1. The number of carbonyl (C=O) groups excluding carboxylic acids is 2. The number of fused-ring (bicyclic) bond motifs is 1. The van der Waals surface area contributed by atoms with Gasteiger partial charge in [-0.1, -0.05) is 35.0 Å². The van der Waals surface area contributed by atoms with E-state index in [-0.39, 0.29) is 34.8 Å². The van der Waals surface area contributed by atoms with Crippen LogP contribution in [0.3, 0.4) is 0 Å². The number of amides is 2. The molecule has 2 aromatic carbocycles. The molecule has 0 saturated heterocycles. The van der Waals surface area contributed by atoms with E-state index in [1.807, 2.05) is 31.2 Å². The predicted molar refractivity (Wildman–Crippen MR) is 118 cm³/mol. The first-order valence-electron chi connectivity index (χ1n) is 9.06. The molecule has 2 aromatic rings. The second kappa shape index (κ2) is 9.32. The predicted octanol–water partition coefficient (Wildman–Crippen LogP) is 3.61. The number of hydrogen-bond donors (Lipinski definition) is 2. The van der Waals surface area contributed by atoms with Gasteiger partial charge in [0.2, 0.25) is 11.8 Å². The fraction of sp³-hybridized carbons (Fsp3) is 0.300. The molecule has 6 nitrogen and oxygen atoms in total. The molecule has 29 heavy (non-hydrogen) atoms. The molecule has 2 amide bonds. The van der Waals surface area contributed by atoms with Crippen LogP contribution in [0.2, 0.25) is 0 Å². The molecule has 0 fully saturated rings. The smallest absolute Gasteiger partial charge is 0.228 e. The molecule has 1 atom stereocenters. The van der Waals surface area contributed by atoms with E-state index in [2.05, 4.69) is 26.6 Å². The maximum atomic E-state index is 12.7. The number of carbonyl (C=O) groups is 2. The Bertz CT molecular complexity index is 1040. The molecule has 0 aromatic heterocycles. The van der Waals surface area contributed by atoms with E-state index in [1.165, 1.54) is 23.9 Å². The van der Waals surface area contributed by atoms with Crippen LogP contribution < -0.4 is 10.6 Å². The van der Waals surface area contributed by atoms with E-state index < -0.39 is 9.84 Å². The Labute approximate surface area is 182 Å². The van der Waals surface area contributed by atoms with Crippen molar-refractivity contribution in [2.24, 2.45) is 5.92 Å². The molecule has 1 unspecified atom stereocenters. The van der Waals surface area contributed by atoms with Crippen LogP contribution in [-0.4, -0.2) is 31.7 Å². The van der Waals surface area contributed by atoms with Gasteiger partial charge in [-0.05, 0) is 35.9 Å². The number of anilines is 1. The van der Waals surface area contributed by atoms with Crippen molar-refractivity contribution in [3.05, 3.63) is 52.5 Å². The quantitative estimate of drug-likeness (QED) is 0.636. The molecule has 1 aliphatic heterocycles. The average Bonchev–Trinajstić information content (AvgIpc) is 2.83. The minimum absolute atomic E-state index is 0.103. The Morgan fingerprint density at radius 1 is 1.28 bits per heavy atom. The van der Waals surface area contributed by atoms with Gasteiger partial charge in [-0.15, -0.1) is 11.8 Å². The Hall–Kier alpha value is -1.84. The number of rotatable bonds is 6. The van der Waals surface area contributed by atoms with Crippen molar-refractivity contribution in [3.8, 4) is 0 Å². The molecule has 1 aliphatic rings. The van der Waals surface area contributed by atoms with Crippen molar-refractivity contribution in [1.29, 1.82) is 0 Å². The summed E-state index contributed by atoms with van der Waals surface area (Å²) in [4.78, 5) is 25.1. The van der Waals surface area contributed by atoms with Crippen LogP contribution in [0.5, 0.6) is 0 Å². The Kier molecular flexibility index (Phi) is 7.02. The fourth-order valence-electron chi connectivity index (χ4n) is 2.75. The highest BCUT2D eigenvalue weighted by molar-refractivity contribution is 9.10. The molecule has 154 valence electrons. The first-order valence-corrected chi connectivity index (χ1v) is 12.5. The number of sulfone groups is 1. The minimum Gasteiger partial charge on any atom is -0.352 e. The van der Waals surface area contributed by atoms with Crippen LogP contribution in [0, 0.1) is 5.92 Å². The van der Waals surface area contributed by atoms with Gasteiger partial charge in [-0.3, -0.25) is 9.59 Å². The summed E-state index contributed by atoms with van der Waals surface area (Å²) in [5, 5.41) is 5.52. The number of nitrogens with one attached hydrogen (secondary N) is 2. The summed E-state index contributed by atoms with van der Waals surface area (Å²) in [7, 11) is -3.65. The standard InChI is InChI=1S/C20H21BrN2O4S2/c1-13-12-28-18-6-5-16(10-17(18)23-20(13)25)29(26,27)8-7-19(24)22-11-14-3-2-4-15(21)9-14/h2-6,9-10,13H,7-8,11-12H2,1H3,(H,22,24)(H,23,25). The lowest BCUT2D eigenvalue weighted by Crippen LogP contribution is -2.25. The first-order chi connectivity index (χ1) is 13.7. The molecule has 0 aliphatic carbocycles. The average molecular weight is 497 g/mol. The lowest BCUT2D eigenvalue weighted by molar-refractivity contribution is -0.121. The molecular formula is C20H21BrN2O4S2. The van der Waals surface area contributed by atoms with Gasteiger partial charge in [0.15, 0.2) is 9.84 Å². The summed E-state index contributed by atoms with van der Waals surface area (Å²) in [6.07, 6.45) is -0.133. The highest BCUT2D eigenvalue weighted by atomic mass is 79.9. The summed E-state index contributed by atoms with van der Waals surface area (Å²) in [5.74, 6) is -0.267. The fourth-order valence-corrected chi connectivity index (χ4v) is 5.47. The van der Waals surface area contributed by atoms with Gasteiger partial charge in [-0.25, -0.2) is 8.42 Å². The summed E-state index contributed by atoms with van der Waals surface area (Å²) >= 11 is 4.89. The van der Waals surface area contributed by atoms with Gasteiger partial charge in [0, 0.05) is 34.0 Å². The van der Waals surface area contributed by atoms with Crippen LogP contribution >= 0.6 is 27.7 Å². The van der Waals surface area contributed by atoms with E-state index in [0.29, 0.717) is 18.0 Å². The third-order valence-electron chi connectivity index (χ3n) is 4.48. The van der Waals surface area contributed by atoms with Gasteiger partial charge in [0.1, 0.15) is 0 Å². The minimum atomic E-state index is -3.65. The summed E-state index contributed by atoms with van der Waals surface area (Å²) in [6, 6.07) is 12.2. The Morgan fingerprint density at radius 2 is 2.07 bits per heavy atom. The van der Waals surface area contributed by atoms with Crippen molar-refractivity contribution < 1.29 is 18.0 Å². The second-order valence-electron chi connectivity index (χ2n) is 6.83. The molecular weight excluding hydrogens is 476 g/mol. The molecule has 9 heteroatoms. The molecule has 0 radical (unpaired) electrons. The maximum Gasteiger partial charge on any atom is 0.228 e. The molecule has 0 bridgehead atoms. The summed E-state index contributed by atoms with van der Waals surface area (Å²) in [5.41, 5.74) is 1.42. The summed E-state index contributed by atoms with van der Waals surface area (Å²) < 4.78 is 26.2. The highest BCUT2D eigenvalue weighted by Gasteiger charge is 2.23. The monoisotopic (exact) mass is 496 g/mol. The van der Waals surface area contributed by atoms with E-state index in [1.54, 1.807) is 6.07 Å². The number of benzene rings is 2. The van der Waals surface area contributed by atoms with Crippen molar-refractivity contribution in [1.82, 2.24) is 5.32 Å². The highest BCUT2D eigenvalue weighted by Crippen LogP contribution is 2.34. The normalized spacial score (nSPS) is 16.5. The van der Waals surface area contributed by atoms with E-state index >= 15 is 0 Å². The van der Waals surface area contributed by atoms with E-state index in [4.69, 9.17) is 0 Å². The van der Waals surface area contributed by atoms with Crippen molar-refractivity contribution >= 4 is 55.0 Å². The number of halogens is 1. The van der Waals surface area contributed by atoms with Crippen molar-refractivity contribution in [3.63, 3.8) is 0 Å². The number of hydrogen-bond acceptors (Lipinski definition) is 5. The van der Waals surface area contributed by atoms with Crippen molar-refractivity contribution in [2.45, 2.75) is 29.7 Å². The van der Waals surface area contributed by atoms with E-state index in [0.717, 1.165) is 14.9 Å². The zero-order valence-electron chi connectivity index (χ0n) is 15.8. The maximum absolute atomic E-state index is 12.7. The van der Waals surface area contributed by atoms with Crippen LogP contribution in [0.1, 0.15) is 18.9 Å². The van der Waals surface area contributed by atoms with Crippen LogP contribution in [-0.2, 0) is 26.0 Å². The molecule has 3 rings (SSSR count). The molecule has 2 N–H and O–H groups in total. The third kappa shape index (κ3) is 5.83. The van der Waals surface area contributed by atoms with Gasteiger partial charge < -0.3 is 10.6 Å². The van der Waals surface area contributed by atoms with Gasteiger partial charge >= 0.3 is 0 Å². The van der Waals surface area contributed by atoms with E-state index in [9.17, 15) is 18.0 Å². The van der Waals surface area contributed by atoms with Crippen LogP contribution in [0.25, 0.3) is 0 Å². The second-order valence-corrected chi connectivity index (χ2v) is 10.9. The van der Waals surface area contributed by atoms with Crippen LogP contribution in [0.15, 0.2) is 56.7 Å². The topological polar surface area (TPSA) is 92.3 Å². The van der Waals surface area contributed by atoms with Gasteiger partial charge in [0.05, 0.1) is 16.3 Å².